The molecule has 0 spiro atoms. The molecule has 160 valence electrons. The largest absolute Gasteiger partial charge is 0.360 e. The minimum absolute atomic E-state index is 0.105. The molecule has 0 saturated carbocycles. The second-order valence-corrected chi connectivity index (χ2v) is 7.75. The van der Waals surface area contributed by atoms with Crippen molar-refractivity contribution >= 4 is 28.9 Å². The van der Waals surface area contributed by atoms with Gasteiger partial charge in [0.15, 0.2) is 0 Å². The molecule has 0 unspecified atom stereocenters. The van der Waals surface area contributed by atoms with Crippen molar-refractivity contribution in [2.24, 2.45) is 0 Å². The molecule has 1 fully saturated rings. The molecule has 9 heteroatoms. The standard InChI is InChI=1S/C22H23ClN6O2/c23-19-9-5-4-8-18(19)14-24-21-20(29(30)31)22(26-16-25-21)28-12-10-27(11-13-28)15-17-6-2-1-3-7-17/h1-9,16H,10-15H2,(H,24,25,26). The fourth-order valence-corrected chi connectivity index (χ4v) is 3.88. The predicted octanol–water partition coefficient (Wildman–Crippen LogP) is 3.97. The summed E-state index contributed by atoms with van der Waals surface area (Å²) >= 11 is 6.20. The summed E-state index contributed by atoms with van der Waals surface area (Å²) in [6.07, 6.45) is 1.37. The van der Waals surface area contributed by atoms with E-state index in [9.17, 15) is 10.1 Å². The Balaban J connectivity index is 1.46. The van der Waals surface area contributed by atoms with E-state index in [2.05, 4.69) is 32.3 Å². The van der Waals surface area contributed by atoms with Gasteiger partial charge in [-0.25, -0.2) is 9.97 Å². The van der Waals surface area contributed by atoms with Crippen LogP contribution < -0.4 is 10.2 Å². The molecule has 3 aromatic rings. The van der Waals surface area contributed by atoms with E-state index in [-0.39, 0.29) is 11.5 Å². The van der Waals surface area contributed by atoms with Crippen LogP contribution in [0.15, 0.2) is 60.9 Å². The Morgan fingerprint density at radius 3 is 2.42 bits per heavy atom. The Hall–Kier alpha value is -3.23. The number of hydrogen-bond donors (Lipinski definition) is 1. The monoisotopic (exact) mass is 438 g/mol. The summed E-state index contributed by atoms with van der Waals surface area (Å²) in [4.78, 5) is 24.2. The first kappa shape index (κ1) is 21.0. The van der Waals surface area contributed by atoms with Crippen LogP contribution in [0.3, 0.4) is 0 Å². The van der Waals surface area contributed by atoms with E-state index in [1.54, 1.807) is 6.07 Å². The molecule has 0 bridgehead atoms. The van der Waals surface area contributed by atoms with Crippen molar-refractivity contribution in [1.29, 1.82) is 0 Å². The topological polar surface area (TPSA) is 87.4 Å². The summed E-state index contributed by atoms with van der Waals surface area (Å²) in [5.74, 6) is 0.544. The molecule has 4 rings (SSSR count). The lowest BCUT2D eigenvalue weighted by atomic mass is 10.2. The Labute approximate surface area is 185 Å². The van der Waals surface area contributed by atoms with Crippen LogP contribution in [-0.4, -0.2) is 46.0 Å². The number of piperazine rings is 1. The molecule has 2 heterocycles. The highest BCUT2D eigenvalue weighted by Gasteiger charge is 2.29. The first-order chi connectivity index (χ1) is 15.1. The van der Waals surface area contributed by atoms with Gasteiger partial charge in [-0.2, -0.15) is 0 Å². The van der Waals surface area contributed by atoms with Crippen LogP contribution >= 0.6 is 11.6 Å². The average molecular weight is 439 g/mol. The molecule has 1 saturated heterocycles. The van der Waals surface area contributed by atoms with E-state index < -0.39 is 4.92 Å². The van der Waals surface area contributed by atoms with Crippen molar-refractivity contribution < 1.29 is 4.92 Å². The van der Waals surface area contributed by atoms with E-state index in [0.717, 1.165) is 25.2 Å². The summed E-state index contributed by atoms with van der Waals surface area (Å²) in [6.45, 7) is 4.13. The smallest absolute Gasteiger partial charge is 0.353 e. The first-order valence-corrected chi connectivity index (χ1v) is 10.5. The SMILES string of the molecule is O=[N+]([O-])c1c(NCc2ccccc2Cl)ncnc1N1CCN(Cc2ccccc2)CC1. The lowest BCUT2D eigenvalue weighted by molar-refractivity contribution is -0.383. The number of halogens is 1. The normalized spacial score (nSPS) is 14.4. The third kappa shape index (κ3) is 5.10. The van der Waals surface area contributed by atoms with E-state index >= 15 is 0 Å². The summed E-state index contributed by atoms with van der Waals surface area (Å²) < 4.78 is 0. The van der Waals surface area contributed by atoms with Gasteiger partial charge in [-0.15, -0.1) is 0 Å². The Morgan fingerprint density at radius 2 is 1.71 bits per heavy atom. The van der Waals surface area contributed by atoms with Crippen LogP contribution in [0, 0.1) is 10.1 Å². The molecule has 0 aliphatic carbocycles. The lowest BCUT2D eigenvalue weighted by Crippen LogP contribution is -2.46. The van der Waals surface area contributed by atoms with Gasteiger partial charge in [-0.05, 0) is 17.2 Å². The van der Waals surface area contributed by atoms with Gasteiger partial charge >= 0.3 is 5.69 Å². The maximum Gasteiger partial charge on any atom is 0.353 e. The van der Waals surface area contributed by atoms with Gasteiger partial charge in [0.1, 0.15) is 6.33 Å². The highest BCUT2D eigenvalue weighted by atomic mass is 35.5. The molecular formula is C22H23ClN6O2. The zero-order valence-electron chi connectivity index (χ0n) is 16.9. The van der Waals surface area contributed by atoms with Crippen LogP contribution in [0.2, 0.25) is 5.02 Å². The minimum atomic E-state index is -0.416. The van der Waals surface area contributed by atoms with Gasteiger partial charge in [0.25, 0.3) is 0 Å². The number of aromatic nitrogens is 2. The maximum atomic E-state index is 11.9. The molecule has 1 N–H and O–H groups in total. The van der Waals surface area contributed by atoms with Gasteiger partial charge in [0.2, 0.25) is 11.6 Å². The van der Waals surface area contributed by atoms with Gasteiger partial charge in [0, 0.05) is 44.3 Å². The third-order valence-corrected chi connectivity index (χ3v) is 5.68. The molecule has 0 atom stereocenters. The highest BCUT2D eigenvalue weighted by Crippen LogP contribution is 2.33. The van der Waals surface area contributed by atoms with Crippen LogP contribution in [0.4, 0.5) is 17.3 Å². The first-order valence-electron chi connectivity index (χ1n) is 10.1. The fraction of sp³-hybridized carbons (Fsp3) is 0.273. The molecule has 1 aliphatic rings. The van der Waals surface area contributed by atoms with Crippen molar-refractivity contribution in [3.05, 3.63) is 87.2 Å². The van der Waals surface area contributed by atoms with Crippen molar-refractivity contribution in [3.63, 3.8) is 0 Å². The van der Waals surface area contributed by atoms with Gasteiger partial charge in [-0.3, -0.25) is 15.0 Å². The van der Waals surface area contributed by atoms with Crippen LogP contribution in [0.25, 0.3) is 0 Å². The third-order valence-electron chi connectivity index (χ3n) is 5.31. The van der Waals surface area contributed by atoms with Crippen LogP contribution in [0.1, 0.15) is 11.1 Å². The van der Waals surface area contributed by atoms with E-state index in [4.69, 9.17) is 11.6 Å². The Kier molecular flexibility index (Phi) is 6.59. The van der Waals surface area contributed by atoms with Crippen molar-refractivity contribution in [2.45, 2.75) is 13.1 Å². The minimum Gasteiger partial charge on any atom is -0.360 e. The number of nitrogens with zero attached hydrogens (tertiary/aromatic N) is 5. The summed E-state index contributed by atoms with van der Waals surface area (Å²) in [5, 5.41) is 15.5. The van der Waals surface area contributed by atoms with Gasteiger partial charge < -0.3 is 10.2 Å². The number of hydrogen-bond acceptors (Lipinski definition) is 7. The van der Waals surface area contributed by atoms with E-state index in [1.165, 1.54) is 11.9 Å². The number of benzene rings is 2. The number of anilines is 2. The number of nitro groups is 1. The Morgan fingerprint density at radius 1 is 1.00 bits per heavy atom. The average Bonchev–Trinajstić information content (AvgIpc) is 2.79. The highest BCUT2D eigenvalue weighted by molar-refractivity contribution is 6.31. The van der Waals surface area contributed by atoms with Crippen molar-refractivity contribution in [3.8, 4) is 0 Å². The van der Waals surface area contributed by atoms with E-state index in [0.29, 0.717) is 30.5 Å². The summed E-state index contributed by atoms with van der Waals surface area (Å²) in [5.41, 5.74) is 1.99. The summed E-state index contributed by atoms with van der Waals surface area (Å²) in [7, 11) is 0. The molecule has 1 aromatic heterocycles. The quantitative estimate of drug-likeness (QED) is 0.441. The molecule has 31 heavy (non-hydrogen) atoms. The molecule has 8 nitrogen and oxygen atoms in total. The second kappa shape index (κ2) is 9.72. The molecular weight excluding hydrogens is 416 g/mol. The predicted molar refractivity (Wildman–Crippen MR) is 121 cm³/mol. The number of rotatable bonds is 7. The second-order valence-electron chi connectivity index (χ2n) is 7.35. The zero-order chi connectivity index (χ0) is 21.6. The van der Waals surface area contributed by atoms with Crippen LogP contribution in [-0.2, 0) is 13.1 Å². The molecule has 2 aromatic carbocycles. The number of nitrogens with one attached hydrogen (secondary N) is 1. The van der Waals surface area contributed by atoms with Gasteiger partial charge in [-0.1, -0.05) is 60.1 Å². The zero-order valence-corrected chi connectivity index (χ0v) is 17.7. The van der Waals surface area contributed by atoms with Crippen LogP contribution in [0.5, 0.6) is 0 Å². The molecule has 1 aliphatic heterocycles. The summed E-state index contributed by atoms with van der Waals surface area (Å²) in [6, 6.07) is 17.7. The van der Waals surface area contributed by atoms with E-state index in [1.807, 2.05) is 41.3 Å². The van der Waals surface area contributed by atoms with Crippen molar-refractivity contribution in [1.82, 2.24) is 14.9 Å². The maximum absolute atomic E-state index is 11.9. The van der Waals surface area contributed by atoms with Crippen molar-refractivity contribution in [2.75, 3.05) is 36.4 Å². The fourth-order valence-electron chi connectivity index (χ4n) is 3.68. The lowest BCUT2D eigenvalue weighted by Gasteiger charge is -2.35. The van der Waals surface area contributed by atoms with Gasteiger partial charge in [0.05, 0.1) is 4.92 Å². The molecule has 0 amide bonds. The molecule has 0 radical (unpaired) electrons. The Bertz CT molecular complexity index is 1040.